The Hall–Kier alpha value is -2.43. The summed E-state index contributed by atoms with van der Waals surface area (Å²) in [5.41, 5.74) is 3.40. The number of aryl methyl sites for hydroxylation is 2. The van der Waals surface area contributed by atoms with E-state index in [0.717, 1.165) is 42.4 Å². The van der Waals surface area contributed by atoms with Crippen LogP contribution in [-0.2, 0) is 6.54 Å². The average molecular weight is 347 g/mol. The number of aromatic nitrogens is 4. The summed E-state index contributed by atoms with van der Waals surface area (Å²) in [7, 11) is 0. The Kier molecular flexibility index (Phi) is 3.69. The Bertz CT molecular complexity index is 956. The Balaban J connectivity index is 1.57. The molecule has 0 radical (unpaired) electrons. The molecule has 1 saturated carbocycles. The number of rotatable bonds is 4. The van der Waals surface area contributed by atoms with E-state index in [1.165, 1.54) is 30.6 Å². The lowest BCUT2D eigenvalue weighted by Crippen LogP contribution is -2.26. The minimum absolute atomic E-state index is 0.295. The molecule has 3 aromatic rings. The summed E-state index contributed by atoms with van der Waals surface area (Å²) < 4.78 is 2.37. The number of benzene rings is 1. The molecule has 5 heteroatoms. The normalized spacial score (nSPS) is 20.2. The molecule has 2 aliphatic rings. The van der Waals surface area contributed by atoms with Crippen LogP contribution in [0.5, 0.6) is 0 Å². The molecule has 1 atom stereocenters. The van der Waals surface area contributed by atoms with E-state index in [9.17, 15) is 0 Å². The van der Waals surface area contributed by atoms with E-state index >= 15 is 0 Å². The Morgan fingerprint density at radius 3 is 2.73 bits per heavy atom. The summed E-state index contributed by atoms with van der Waals surface area (Å²) in [5.74, 6) is 3.87. The summed E-state index contributed by atoms with van der Waals surface area (Å²) in [6, 6.07) is 10.9. The molecule has 5 nitrogen and oxygen atoms in total. The maximum Gasteiger partial charge on any atom is 0.134 e. The van der Waals surface area contributed by atoms with Crippen molar-refractivity contribution >= 4 is 16.9 Å². The largest absolute Gasteiger partial charge is 0.346 e. The van der Waals surface area contributed by atoms with E-state index in [4.69, 9.17) is 9.97 Å². The van der Waals surface area contributed by atoms with Crippen LogP contribution in [0.25, 0.3) is 11.0 Å². The number of anilines is 1. The SMILES string of the molecule is CCn1c(C2CCCN2c2cc(C)nc(C3CC3)n2)nc2ccccc21. The molecule has 26 heavy (non-hydrogen) atoms. The molecular formula is C21H25N5. The van der Waals surface area contributed by atoms with Crippen molar-refractivity contribution in [1.82, 2.24) is 19.5 Å². The first-order chi connectivity index (χ1) is 12.7. The van der Waals surface area contributed by atoms with Crippen molar-refractivity contribution in [3.63, 3.8) is 0 Å². The highest BCUT2D eigenvalue weighted by Gasteiger charge is 2.33. The van der Waals surface area contributed by atoms with Crippen molar-refractivity contribution in [2.24, 2.45) is 0 Å². The molecule has 1 saturated heterocycles. The average Bonchev–Trinajstić information content (AvgIpc) is 3.27. The molecule has 2 fully saturated rings. The minimum atomic E-state index is 0.295. The van der Waals surface area contributed by atoms with Gasteiger partial charge in [-0.05, 0) is 51.7 Å². The van der Waals surface area contributed by atoms with Gasteiger partial charge in [0.2, 0.25) is 0 Å². The Morgan fingerprint density at radius 1 is 1.08 bits per heavy atom. The third kappa shape index (κ3) is 2.57. The van der Waals surface area contributed by atoms with Crippen LogP contribution in [0.3, 0.4) is 0 Å². The number of hydrogen-bond donors (Lipinski definition) is 0. The lowest BCUT2D eigenvalue weighted by atomic mass is 10.2. The number of imidazole rings is 1. The molecule has 0 bridgehead atoms. The van der Waals surface area contributed by atoms with Crippen molar-refractivity contribution < 1.29 is 0 Å². The van der Waals surface area contributed by atoms with E-state index < -0.39 is 0 Å². The van der Waals surface area contributed by atoms with Gasteiger partial charge in [-0.2, -0.15) is 0 Å². The van der Waals surface area contributed by atoms with Gasteiger partial charge in [0.1, 0.15) is 17.5 Å². The fourth-order valence-electron chi connectivity index (χ4n) is 4.24. The first-order valence-electron chi connectivity index (χ1n) is 9.82. The van der Waals surface area contributed by atoms with Gasteiger partial charge in [-0.15, -0.1) is 0 Å². The van der Waals surface area contributed by atoms with Gasteiger partial charge in [0, 0.05) is 30.8 Å². The zero-order valence-corrected chi connectivity index (χ0v) is 15.5. The molecule has 1 aromatic carbocycles. The summed E-state index contributed by atoms with van der Waals surface area (Å²) in [6.07, 6.45) is 4.78. The minimum Gasteiger partial charge on any atom is -0.346 e. The van der Waals surface area contributed by atoms with Crippen LogP contribution in [0.15, 0.2) is 30.3 Å². The van der Waals surface area contributed by atoms with Crippen LogP contribution in [0.1, 0.15) is 61.9 Å². The molecule has 0 N–H and O–H groups in total. The van der Waals surface area contributed by atoms with Gasteiger partial charge in [-0.1, -0.05) is 12.1 Å². The summed E-state index contributed by atoms with van der Waals surface area (Å²) in [4.78, 5) is 17.1. The molecule has 3 heterocycles. The van der Waals surface area contributed by atoms with E-state index in [-0.39, 0.29) is 0 Å². The van der Waals surface area contributed by atoms with E-state index in [1.54, 1.807) is 0 Å². The molecule has 1 aliphatic heterocycles. The molecule has 1 aliphatic carbocycles. The van der Waals surface area contributed by atoms with Crippen molar-refractivity contribution in [2.75, 3.05) is 11.4 Å². The van der Waals surface area contributed by atoms with Crippen LogP contribution in [0.4, 0.5) is 5.82 Å². The highest BCUT2D eigenvalue weighted by atomic mass is 15.3. The van der Waals surface area contributed by atoms with Crippen molar-refractivity contribution in [2.45, 2.75) is 58.0 Å². The van der Waals surface area contributed by atoms with Crippen LogP contribution >= 0.6 is 0 Å². The smallest absolute Gasteiger partial charge is 0.134 e. The molecular weight excluding hydrogens is 322 g/mol. The van der Waals surface area contributed by atoms with Crippen LogP contribution in [-0.4, -0.2) is 26.1 Å². The molecule has 0 amide bonds. The second kappa shape index (κ2) is 6.08. The monoisotopic (exact) mass is 347 g/mol. The third-order valence-electron chi connectivity index (χ3n) is 5.65. The van der Waals surface area contributed by atoms with Gasteiger partial charge < -0.3 is 9.47 Å². The molecule has 0 spiro atoms. The van der Waals surface area contributed by atoms with Gasteiger partial charge in [0.25, 0.3) is 0 Å². The highest BCUT2D eigenvalue weighted by molar-refractivity contribution is 5.76. The summed E-state index contributed by atoms with van der Waals surface area (Å²) in [5, 5.41) is 0. The number of hydrogen-bond acceptors (Lipinski definition) is 4. The second-order valence-corrected chi connectivity index (χ2v) is 7.55. The molecule has 2 aromatic heterocycles. The van der Waals surface area contributed by atoms with Crippen molar-refractivity contribution in [3.05, 3.63) is 47.7 Å². The highest BCUT2D eigenvalue weighted by Crippen LogP contribution is 2.40. The number of para-hydroxylation sites is 2. The number of fused-ring (bicyclic) bond motifs is 1. The number of nitrogens with zero attached hydrogens (tertiary/aromatic N) is 5. The first kappa shape index (κ1) is 15.8. The summed E-state index contributed by atoms with van der Waals surface area (Å²) in [6.45, 7) is 6.27. The van der Waals surface area contributed by atoms with Gasteiger partial charge >= 0.3 is 0 Å². The van der Waals surface area contributed by atoms with Gasteiger partial charge in [-0.3, -0.25) is 0 Å². The Morgan fingerprint density at radius 2 is 1.92 bits per heavy atom. The van der Waals surface area contributed by atoms with Gasteiger partial charge in [0.05, 0.1) is 17.1 Å². The molecule has 134 valence electrons. The zero-order chi connectivity index (χ0) is 17.7. The van der Waals surface area contributed by atoms with Crippen LogP contribution < -0.4 is 4.90 Å². The zero-order valence-electron chi connectivity index (χ0n) is 15.5. The summed E-state index contributed by atoms with van der Waals surface area (Å²) >= 11 is 0. The standard InChI is InChI=1S/C21H25N5/c1-3-25-17-8-5-4-7-16(17)23-21(25)18-9-6-12-26(18)19-13-14(2)22-20(24-19)15-10-11-15/h4-5,7-8,13,15,18H,3,6,9-12H2,1-2H3. The van der Waals surface area contributed by atoms with E-state index in [1.807, 2.05) is 0 Å². The van der Waals surface area contributed by atoms with Crippen molar-refractivity contribution in [3.8, 4) is 0 Å². The fraction of sp³-hybridized carbons (Fsp3) is 0.476. The molecule has 5 rings (SSSR count). The predicted molar refractivity (Wildman–Crippen MR) is 103 cm³/mol. The topological polar surface area (TPSA) is 46.8 Å². The lowest BCUT2D eigenvalue weighted by Gasteiger charge is -2.26. The van der Waals surface area contributed by atoms with Gasteiger partial charge in [-0.25, -0.2) is 15.0 Å². The third-order valence-corrected chi connectivity index (χ3v) is 5.65. The maximum atomic E-state index is 5.01. The maximum absolute atomic E-state index is 5.01. The van der Waals surface area contributed by atoms with Crippen molar-refractivity contribution in [1.29, 1.82) is 0 Å². The Labute approximate surface area is 154 Å². The quantitative estimate of drug-likeness (QED) is 0.703. The van der Waals surface area contributed by atoms with E-state index in [0.29, 0.717) is 12.0 Å². The second-order valence-electron chi connectivity index (χ2n) is 7.55. The molecule has 1 unspecified atom stereocenters. The van der Waals surface area contributed by atoms with E-state index in [2.05, 4.69) is 58.6 Å². The van der Waals surface area contributed by atoms with Crippen LogP contribution in [0, 0.1) is 6.92 Å². The fourth-order valence-corrected chi connectivity index (χ4v) is 4.24. The van der Waals surface area contributed by atoms with Gasteiger partial charge in [0.15, 0.2) is 0 Å². The predicted octanol–water partition coefficient (Wildman–Crippen LogP) is 4.37. The lowest BCUT2D eigenvalue weighted by molar-refractivity contribution is 0.604. The van der Waals surface area contributed by atoms with Crippen LogP contribution in [0.2, 0.25) is 0 Å². The first-order valence-corrected chi connectivity index (χ1v) is 9.82.